The normalized spacial score (nSPS) is 41.2. The molecule has 88 valence electrons. The van der Waals surface area contributed by atoms with Gasteiger partial charge in [0.1, 0.15) is 0 Å². The van der Waals surface area contributed by atoms with Crippen molar-refractivity contribution in [3.05, 3.63) is 0 Å². The van der Waals surface area contributed by atoms with E-state index in [0.29, 0.717) is 0 Å². The Morgan fingerprint density at radius 2 is 1.87 bits per heavy atom. The maximum absolute atomic E-state index is 3.88. The molecule has 0 aromatic heterocycles. The molecule has 2 saturated carbocycles. The molecule has 1 heteroatoms. The molecule has 0 aromatic rings. The van der Waals surface area contributed by atoms with Gasteiger partial charge in [-0.1, -0.05) is 39.5 Å². The second-order valence-electron chi connectivity index (χ2n) is 5.66. The van der Waals surface area contributed by atoms with Gasteiger partial charge in [0, 0.05) is 12.1 Å². The maximum atomic E-state index is 3.88. The number of rotatable bonds is 4. The fraction of sp³-hybridized carbons (Fsp3) is 1.00. The summed E-state index contributed by atoms with van der Waals surface area (Å²) in [5.74, 6) is 2.04. The third-order valence-corrected chi connectivity index (χ3v) is 4.56. The van der Waals surface area contributed by atoms with Crippen molar-refractivity contribution < 1.29 is 0 Å². The largest absolute Gasteiger partial charge is 0.311 e. The van der Waals surface area contributed by atoms with Crippen LogP contribution in [-0.2, 0) is 0 Å². The van der Waals surface area contributed by atoms with E-state index in [1.54, 1.807) is 0 Å². The lowest BCUT2D eigenvalue weighted by atomic mass is 9.98. The minimum atomic E-state index is 0.850. The Kier molecular flexibility index (Phi) is 4.07. The third kappa shape index (κ3) is 3.21. The fourth-order valence-electron chi connectivity index (χ4n) is 3.16. The van der Waals surface area contributed by atoms with E-state index in [1.165, 1.54) is 51.4 Å². The van der Waals surface area contributed by atoms with Crippen LogP contribution >= 0.6 is 0 Å². The Hall–Kier alpha value is -0.0400. The second-order valence-corrected chi connectivity index (χ2v) is 5.66. The van der Waals surface area contributed by atoms with Gasteiger partial charge in [0.05, 0.1) is 0 Å². The molecule has 0 amide bonds. The SMILES string of the molecule is CCC1CCCC(NC2CC2CC)CC1. The molecule has 15 heavy (non-hydrogen) atoms. The third-order valence-electron chi connectivity index (χ3n) is 4.56. The molecule has 2 fully saturated rings. The lowest BCUT2D eigenvalue weighted by molar-refractivity contribution is 0.418. The first-order valence-electron chi connectivity index (χ1n) is 7.09. The van der Waals surface area contributed by atoms with Crippen molar-refractivity contribution in [1.82, 2.24) is 5.32 Å². The zero-order valence-corrected chi connectivity index (χ0v) is 10.5. The van der Waals surface area contributed by atoms with E-state index in [9.17, 15) is 0 Å². The average molecular weight is 209 g/mol. The van der Waals surface area contributed by atoms with E-state index in [2.05, 4.69) is 19.2 Å². The molecule has 0 spiro atoms. The minimum Gasteiger partial charge on any atom is -0.311 e. The van der Waals surface area contributed by atoms with Crippen LogP contribution in [0.5, 0.6) is 0 Å². The maximum Gasteiger partial charge on any atom is 0.0102 e. The van der Waals surface area contributed by atoms with Crippen molar-refractivity contribution in [3.8, 4) is 0 Å². The van der Waals surface area contributed by atoms with Crippen molar-refractivity contribution >= 4 is 0 Å². The van der Waals surface area contributed by atoms with E-state index in [4.69, 9.17) is 0 Å². The summed E-state index contributed by atoms with van der Waals surface area (Å²) in [7, 11) is 0. The van der Waals surface area contributed by atoms with Gasteiger partial charge in [-0.3, -0.25) is 0 Å². The van der Waals surface area contributed by atoms with Crippen LogP contribution in [0.25, 0.3) is 0 Å². The summed E-state index contributed by atoms with van der Waals surface area (Å²) in [6, 6.07) is 1.74. The van der Waals surface area contributed by atoms with Gasteiger partial charge < -0.3 is 5.32 Å². The van der Waals surface area contributed by atoms with Gasteiger partial charge in [0.15, 0.2) is 0 Å². The molecule has 2 aliphatic carbocycles. The molecule has 2 rings (SSSR count). The molecule has 0 aliphatic heterocycles. The zero-order chi connectivity index (χ0) is 10.7. The molecule has 0 heterocycles. The van der Waals surface area contributed by atoms with E-state index < -0.39 is 0 Å². The molecule has 2 aliphatic rings. The topological polar surface area (TPSA) is 12.0 Å². The Bertz CT molecular complexity index is 190. The Morgan fingerprint density at radius 3 is 2.53 bits per heavy atom. The molecular weight excluding hydrogens is 182 g/mol. The molecular formula is C14H27N. The van der Waals surface area contributed by atoms with Crippen LogP contribution in [0.15, 0.2) is 0 Å². The highest BCUT2D eigenvalue weighted by Gasteiger charge is 2.36. The molecule has 4 unspecified atom stereocenters. The summed E-state index contributed by atoms with van der Waals surface area (Å²) in [4.78, 5) is 0. The Labute approximate surface area is 95.0 Å². The predicted octanol–water partition coefficient (Wildman–Crippen LogP) is 3.73. The smallest absolute Gasteiger partial charge is 0.0102 e. The van der Waals surface area contributed by atoms with E-state index >= 15 is 0 Å². The molecule has 0 bridgehead atoms. The lowest BCUT2D eigenvalue weighted by Gasteiger charge is -2.16. The van der Waals surface area contributed by atoms with Crippen LogP contribution in [0.1, 0.15) is 65.2 Å². The minimum absolute atomic E-state index is 0.850. The standard InChI is InChI=1S/C14H27N/c1-3-11-6-5-7-13(9-8-11)15-14-10-12(14)4-2/h11-15H,3-10H2,1-2H3. The number of hydrogen-bond acceptors (Lipinski definition) is 1. The molecule has 1 nitrogen and oxygen atoms in total. The highest BCUT2D eigenvalue weighted by Crippen LogP contribution is 2.35. The van der Waals surface area contributed by atoms with Crippen LogP contribution in [0.4, 0.5) is 0 Å². The zero-order valence-electron chi connectivity index (χ0n) is 10.5. The van der Waals surface area contributed by atoms with Crippen molar-refractivity contribution in [2.45, 2.75) is 77.3 Å². The van der Waals surface area contributed by atoms with Crippen LogP contribution in [0.3, 0.4) is 0 Å². The highest BCUT2D eigenvalue weighted by molar-refractivity contribution is 4.94. The molecule has 4 atom stereocenters. The van der Waals surface area contributed by atoms with Crippen LogP contribution in [0, 0.1) is 11.8 Å². The van der Waals surface area contributed by atoms with Crippen molar-refractivity contribution in [2.75, 3.05) is 0 Å². The van der Waals surface area contributed by atoms with Crippen LogP contribution in [-0.4, -0.2) is 12.1 Å². The second kappa shape index (κ2) is 5.34. The van der Waals surface area contributed by atoms with Gasteiger partial charge in [-0.15, -0.1) is 0 Å². The van der Waals surface area contributed by atoms with Gasteiger partial charge in [-0.2, -0.15) is 0 Å². The Balaban J connectivity index is 1.70. The summed E-state index contributed by atoms with van der Waals surface area (Å²) in [5.41, 5.74) is 0. The molecule has 0 saturated heterocycles. The summed E-state index contributed by atoms with van der Waals surface area (Å²) >= 11 is 0. The summed E-state index contributed by atoms with van der Waals surface area (Å²) in [6.45, 7) is 4.68. The summed E-state index contributed by atoms with van der Waals surface area (Å²) in [6.07, 6.45) is 11.5. The monoisotopic (exact) mass is 209 g/mol. The quantitative estimate of drug-likeness (QED) is 0.696. The van der Waals surface area contributed by atoms with Gasteiger partial charge in [0.25, 0.3) is 0 Å². The summed E-state index contributed by atoms with van der Waals surface area (Å²) in [5, 5.41) is 3.88. The van der Waals surface area contributed by atoms with Crippen LogP contribution in [0.2, 0.25) is 0 Å². The van der Waals surface area contributed by atoms with Gasteiger partial charge in [0.2, 0.25) is 0 Å². The fourth-order valence-corrected chi connectivity index (χ4v) is 3.16. The number of nitrogens with one attached hydrogen (secondary N) is 1. The first-order valence-corrected chi connectivity index (χ1v) is 7.09. The molecule has 0 radical (unpaired) electrons. The van der Waals surface area contributed by atoms with E-state index in [1.807, 2.05) is 0 Å². The number of hydrogen-bond donors (Lipinski definition) is 1. The van der Waals surface area contributed by atoms with Crippen LogP contribution < -0.4 is 5.32 Å². The van der Waals surface area contributed by atoms with Crippen molar-refractivity contribution in [3.63, 3.8) is 0 Å². The molecule has 0 aromatic carbocycles. The summed E-state index contributed by atoms with van der Waals surface area (Å²) < 4.78 is 0. The molecule has 1 N–H and O–H groups in total. The van der Waals surface area contributed by atoms with Gasteiger partial charge >= 0.3 is 0 Å². The first kappa shape index (κ1) is 11.4. The van der Waals surface area contributed by atoms with E-state index in [0.717, 1.165) is 23.9 Å². The first-order chi connectivity index (χ1) is 7.33. The highest BCUT2D eigenvalue weighted by atomic mass is 15.0. The Morgan fingerprint density at radius 1 is 1.00 bits per heavy atom. The van der Waals surface area contributed by atoms with Gasteiger partial charge in [-0.25, -0.2) is 0 Å². The average Bonchev–Trinajstić information content (AvgIpc) is 3.02. The predicted molar refractivity (Wildman–Crippen MR) is 66.0 cm³/mol. The van der Waals surface area contributed by atoms with E-state index in [-0.39, 0.29) is 0 Å². The van der Waals surface area contributed by atoms with Crippen molar-refractivity contribution in [2.24, 2.45) is 11.8 Å². The van der Waals surface area contributed by atoms with Gasteiger partial charge in [-0.05, 0) is 37.5 Å². The van der Waals surface area contributed by atoms with Crippen molar-refractivity contribution in [1.29, 1.82) is 0 Å². The lowest BCUT2D eigenvalue weighted by Crippen LogP contribution is -2.31.